The van der Waals surface area contributed by atoms with E-state index in [2.05, 4.69) is 18.0 Å². The van der Waals surface area contributed by atoms with E-state index in [1.165, 1.54) is 23.3 Å². The summed E-state index contributed by atoms with van der Waals surface area (Å²) in [6.45, 7) is 2.95. The maximum atomic E-state index is 13.7. The molecule has 0 aromatic heterocycles. The Morgan fingerprint density at radius 2 is 1.91 bits per heavy atom. The van der Waals surface area contributed by atoms with Gasteiger partial charge < -0.3 is 24.6 Å². The van der Waals surface area contributed by atoms with Gasteiger partial charge in [-0.05, 0) is 127 Å². The Morgan fingerprint density at radius 1 is 1.15 bits per heavy atom. The molecule has 9 heteroatoms. The molecule has 1 saturated carbocycles. The number of likely N-dealkylation sites (tertiary alicyclic amines) is 1. The van der Waals surface area contributed by atoms with E-state index in [0.717, 1.165) is 70.9 Å². The van der Waals surface area contributed by atoms with Crippen molar-refractivity contribution in [2.45, 2.75) is 67.6 Å². The number of carboxylic acid groups (broad SMARTS) is 1. The lowest BCUT2D eigenvalue weighted by atomic mass is 9.51. The van der Waals surface area contributed by atoms with Gasteiger partial charge in [0.25, 0.3) is 0 Å². The monoisotopic (exact) mass is 657 g/mol. The number of ether oxygens (including phenoxy) is 2. The second-order valence-electron chi connectivity index (χ2n) is 13.4. The van der Waals surface area contributed by atoms with Crippen LogP contribution in [0.5, 0.6) is 11.5 Å². The highest BCUT2D eigenvalue weighted by molar-refractivity contribution is 7.84. The molecule has 4 unspecified atom stereocenters. The smallest absolute Gasteiger partial charge is 0.307 e. The van der Waals surface area contributed by atoms with Crippen molar-refractivity contribution in [2.75, 3.05) is 27.0 Å². The molecule has 246 valence electrons. The summed E-state index contributed by atoms with van der Waals surface area (Å²) in [5.74, 6) is 1.01. The van der Waals surface area contributed by atoms with Gasteiger partial charge in [0.05, 0.1) is 19.6 Å². The number of methoxy groups -OCH3 is 1. The summed E-state index contributed by atoms with van der Waals surface area (Å²) in [4.78, 5) is 14.5. The number of allylic oxidation sites excluding steroid dienone is 2. The highest BCUT2D eigenvalue weighted by Crippen LogP contribution is 2.63. The van der Waals surface area contributed by atoms with Crippen LogP contribution in [0.15, 0.2) is 65.1 Å². The first kappa shape index (κ1) is 31.8. The van der Waals surface area contributed by atoms with Crippen molar-refractivity contribution in [3.8, 4) is 11.5 Å². The first-order valence-corrected chi connectivity index (χ1v) is 17.7. The fourth-order valence-corrected chi connectivity index (χ4v) is 9.43. The van der Waals surface area contributed by atoms with Crippen molar-refractivity contribution in [3.63, 3.8) is 0 Å². The van der Waals surface area contributed by atoms with Crippen LogP contribution in [0.2, 0.25) is 0 Å². The Labute approximate surface area is 277 Å². The Balaban J connectivity index is 0.000000150. The van der Waals surface area contributed by atoms with Gasteiger partial charge in [0.15, 0.2) is 11.5 Å². The molecule has 3 aliphatic carbocycles. The maximum absolute atomic E-state index is 13.7. The fourth-order valence-electron chi connectivity index (χ4n) is 8.92. The number of hydrogen-bond donors (Lipinski definition) is 2. The van der Waals surface area contributed by atoms with E-state index in [1.54, 1.807) is 31.6 Å². The van der Waals surface area contributed by atoms with Crippen LogP contribution in [0.4, 0.5) is 4.39 Å². The number of nitrogens with zero attached hydrogens (tertiary/aromatic N) is 1. The van der Waals surface area contributed by atoms with E-state index in [0.29, 0.717) is 23.1 Å². The van der Waals surface area contributed by atoms with Crippen LogP contribution >= 0.6 is 0 Å². The van der Waals surface area contributed by atoms with Crippen LogP contribution in [0.3, 0.4) is 0 Å². The van der Waals surface area contributed by atoms with Gasteiger partial charge in [0, 0.05) is 39.0 Å². The number of aliphatic hydroxyl groups is 1. The van der Waals surface area contributed by atoms with Gasteiger partial charge in [0.2, 0.25) is 0 Å². The molecule has 1 saturated heterocycles. The third kappa shape index (κ3) is 5.14. The number of halogens is 1. The Bertz CT molecular complexity index is 1850. The van der Waals surface area contributed by atoms with E-state index in [-0.39, 0.29) is 29.9 Å². The fraction of sp³-hybridized carbons (Fsp3) is 0.395. The van der Waals surface area contributed by atoms with Crippen molar-refractivity contribution in [3.05, 3.63) is 93.8 Å². The number of carbonyl (C=O) groups is 1. The summed E-state index contributed by atoms with van der Waals surface area (Å²) in [7, 11) is 2.92. The molecule has 2 bridgehead atoms. The van der Waals surface area contributed by atoms with Crippen molar-refractivity contribution in [2.24, 2.45) is 5.92 Å². The molecule has 47 heavy (non-hydrogen) atoms. The average molecular weight is 658 g/mol. The first-order valence-electron chi connectivity index (χ1n) is 16.2. The number of carboxylic acids is 1. The first-order chi connectivity index (χ1) is 22.5. The van der Waals surface area contributed by atoms with E-state index in [4.69, 9.17) is 14.6 Å². The number of benzene rings is 3. The molecule has 2 heterocycles. The molecule has 5 aliphatic rings. The summed E-state index contributed by atoms with van der Waals surface area (Å²) in [6, 6.07) is 16.6. The lowest BCUT2D eigenvalue weighted by Gasteiger charge is -2.58. The van der Waals surface area contributed by atoms with Crippen LogP contribution in [0.25, 0.3) is 17.2 Å². The van der Waals surface area contributed by atoms with Gasteiger partial charge in [-0.25, -0.2) is 4.39 Å². The Hall–Kier alpha value is -3.79. The van der Waals surface area contributed by atoms with E-state index in [9.17, 15) is 18.5 Å². The van der Waals surface area contributed by atoms with Crippen molar-refractivity contribution in [1.82, 2.24) is 4.90 Å². The summed E-state index contributed by atoms with van der Waals surface area (Å²) in [6.07, 6.45) is 7.12. The summed E-state index contributed by atoms with van der Waals surface area (Å²) in [5, 5.41) is 19.8. The predicted octanol–water partition coefficient (Wildman–Crippen LogP) is 6.09. The summed E-state index contributed by atoms with van der Waals surface area (Å²) >= 11 is 0. The minimum Gasteiger partial charge on any atom is -0.493 e. The molecule has 2 aliphatic heterocycles. The number of fused-ring (bicyclic) bond motifs is 1. The van der Waals surface area contributed by atoms with Crippen LogP contribution in [0.1, 0.15) is 60.4 Å². The number of rotatable bonds is 5. The second-order valence-corrected chi connectivity index (χ2v) is 14.8. The van der Waals surface area contributed by atoms with E-state index in [1.807, 2.05) is 31.2 Å². The highest BCUT2D eigenvalue weighted by atomic mass is 32.2. The standard InChI is InChI=1S/C20H17FO3S.C18H23NO3/c1-12-17(9-13-3-6-15(7-4-13)25(2)24)16-8-5-14(21)10-19(16)18(12)11-20(22)23;1-19-8-7-18-11-4-5-13(20)17(18)22-16-14(21-2)6-3-10(15(16)18)9-12(11)19/h3-10H,11H2,1-2H3,(H,22,23);3,6,11-13,17,20H,4-5,7-9H2,1-2H3/b17-9-;/t;11?,12?,13-,17?,18-/m.0/s1. The molecule has 3 aromatic carbocycles. The van der Waals surface area contributed by atoms with Gasteiger partial charge >= 0.3 is 5.97 Å². The summed E-state index contributed by atoms with van der Waals surface area (Å²) < 4.78 is 37.1. The zero-order chi connectivity index (χ0) is 33.2. The SMILES string of the molecule is CC1=C(CC(=O)O)c2cc(F)ccc2/C1=C\c1ccc(S(C)=O)cc1.COc1ccc2c3c1OC1[C@@H](O)CCC4C(C2)N(C)CC[C@@]341. The minimum absolute atomic E-state index is 0.00625. The molecule has 2 N–H and O–H groups in total. The molecule has 6 atom stereocenters. The van der Waals surface area contributed by atoms with Crippen LogP contribution in [0, 0.1) is 11.7 Å². The quantitative estimate of drug-likeness (QED) is 0.343. The van der Waals surface area contributed by atoms with Gasteiger partial charge in [-0.15, -0.1) is 0 Å². The van der Waals surface area contributed by atoms with Crippen molar-refractivity contribution >= 4 is 34.0 Å². The second kappa shape index (κ2) is 12.0. The van der Waals surface area contributed by atoms with Crippen LogP contribution in [-0.4, -0.2) is 70.5 Å². The zero-order valence-electron chi connectivity index (χ0n) is 27.1. The number of aliphatic hydroxyl groups excluding tert-OH is 1. The molecule has 2 fully saturated rings. The molecule has 0 amide bonds. The Morgan fingerprint density at radius 3 is 2.62 bits per heavy atom. The van der Waals surface area contributed by atoms with E-state index >= 15 is 0 Å². The normalized spacial score (nSPS) is 28.2. The maximum Gasteiger partial charge on any atom is 0.307 e. The number of likely N-dealkylation sites (N-methyl/N-ethyl adjacent to an activating group) is 1. The van der Waals surface area contributed by atoms with Gasteiger partial charge in [-0.3, -0.25) is 9.00 Å². The molecular weight excluding hydrogens is 617 g/mol. The van der Waals surface area contributed by atoms with Gasteiger partial charge in [-0.2, -0.15) is 0 Å². The Kier molecular flexibility index (Phi) is 8.13. The molecule has 1 spiro atoms. The molecule has 3 aromatic rings. The highest BCUT2D eigenvalue weighted by Gasteiger charge is 2.65. The molecule has 0 radical (unpaired) electrons. The minimum atomic E-state index is -1.04. The van der Waals surface area contributed by atoms with E-state index < -0.39 is 16.8 Å². The molecule has 8 rings (SSSR count). The van der Waals surface area contributed by atoms with Gasteiger partial charge in [-0.1, -0.05) is 24.3 Å². The number of aliphatic carboxylic acids is 1. The third-order valence-electron chi connectivity index (χ3n) is 11.1. The molecule has 7 nitrogen and oxygen atoms in total. The van der Waals surface area contributed by atoms with Crippen LogP contribution in [-0.2, 0) is 27.4 Å². The lowest BCUT2D eigenvalue weighted by molar-refractivity contribution is -0.135. The van der Waals surface area contributed by atoms with Gasteiger partial charge in [0.1, 0.15) is 11.9 Å². The topological polar surface area (TPSA) is 96.3 Å². The molecular formula is C38H40FNO6S. The predicted molar refractivity (Wildman–Crippen MR) is 180 cm³/mol. The number of hydrogen-bond acceptors (Lipinski definition) is 6. The van der Waals surface area contributed by atoms with Crippen LogP contribution < -0.4 is 9.47 Å². The largest absolute Gasteiger partial charge is 0.493 e. The zero-order valence-corrected chi connectivity index (χ0v) is 27.9. The van der Waals surface area contributed by atoms with Crippen molar-refractivity contribution < 1.29 is 33.1 Å². The average Bonchev–Trinajstić information content (AvgIpc) is 3.52. The third-order valence-corrected chi connectivity index (χ3v) is 12.0. The van der Waals surface area contributed by atoms with Crippen molar-refractivity contribution in [1.29, 1.82) is 0 Å². The summed E-state index contributed by atoms with van der Waals surface area (Å²) in [5.41, 5.74) is 7.52. The lowest BCUT2D eigenvalue weighted by Crippen LogP contribution is -2.66. The number of piperidine rings is 1.